The first kappa shape index (κ1) is 15.0. The lowest BCUT2D eigenvalue weighted by Crippen LogP contribution is -2.23. The van der Waals surface area contributed by atoms with Crippen molar-refractivity contribution in [1.29, 1.82) is 0 Å². The molecule has 0 spiro atoms. The molecular weight excluding hydrogens is 321 g/mol. The number of sulfonamides is 1. The van der Waals surface area contributed by atoms with Gasteiger partial charge in [-0.3, -0.25) is 9.52 Å². The van der Waals surface area contributed by atoms with Crippen LogP contribution >= 0.6 is 0 Å². The van der Waals surface area contributed by atoms with Gasteiger partial charge in [-0.2, -0.15) is 0 Å². The predicted octanol–water partition coefficient (Wildman–Crippen LogP) is 2.05. The lowest BCUT2D eigenvalue weighted by Gasteiger charge is -2.09. The van der Waals surface area contributed by atoms with E-state index in [4.69, 9.17) is 5.73 Å². The van der Waals surface area contributed by atoms with E-state index in [1.807, 2.05) is 0 Å². The molecule has 0 amide bonds. The van der Waals surface area contributed by atoms with Crippen LogP contribution in [0.1, 0.15) is 0 Å². The zero-order valence-electron chi connectivity index (χ0n) is 11.7. The van der Waals surface area contributed by atoms with Gasteiger partial charge in [0.25, 0.3) is 15.6 Å². The Bertz CT molecular complexity index is 1060. The highest BCUT2D eigenvalue weighted by Gasteiger charge is 2.19. The first-order valence-corrected chi connectivity index (χ1v) is 8.05. The van der Waals surface area contributed by atoms with Gasteiger partial charge in [0.15, 0.2) is 4.90 Å². The van der Waals surface area contributed by atoms with Crippen LogP contribution in [0.2, 0.25) is 0 Å². The third-order valence-corrected chi connectivity index (χ3v) is 4.64. The number of fused-ring (bicyclic) bond motifs is 1. The predicted molar refractivity (Wildman–Crippen MR) is 86.2 cm³/mol. The minimum absolute atomic E-state index is 0.0662. The third-order valence-electron chi connectivity index (χ3n) is 3.26. The second kappa shape index (κ2) is 5.40. The van der Waals surface area contributed by atoms with Gasteiger partial charge in [-0.15, -0.1) is 0 Å². The van der Waals surface area contributed by atoms with Crippen LogP contribution in [0.25, 0.3) is 10.9 Å². The van der Waals surface area contributed by atoms with E-state index in [1.54, 1.807) is 24.3 Å². The minimum Gasteiger partial charge on any atom is -0.396 e. The Balaban J connectivity index is 2.07. The van der Waals surface area contributed by atoms with Crippen LogP contribution in [0.5, 0.6) is 0 Å². The molecule has 1 aromatic heterocycles. The summed E-state index contributed by atoms with van der Waals surface area (Å²) in [5, 5.41) is 0.575. The Morgan fingerprint density at radius 1 is 1.09 bits per heavy atom. The molecule has 4 N–H and O–H groups in total. The van der Waals surface area contributed by atoms with Gasteiger partial charge in [-0.25, -0.2) is 12.8 Å². The fourth-order valence-electron chi connectivity index (χ4n) is 2.14. The van der Waals surface area contributed by atoms with Gasteiger partial charge in [-0.1, -0.05) is 18.2 Å². The summed E-state index contributed by atoms with van der Waals surface area (Å²) in [5.41, 5.74) is 5.06. The number of H-pyrrole nitrogens is 1. The average molecular weight is 333 g/mol. The maximum absolute atomic E-state index is 13.1. The summed E-state index contributed by atoms with van der Waals surface area (Å²) in [4.78, 5) is 14.1. The molecule has 0 saturated heterocycles. The molecule has 2 aromatic carbocycles. The van der Waals surface area contributed by atoms with Gasteiger partial charge < -0.3 is 10.7 Å². The molecule has 0 aliphatic heterocycles. The van der Waals surface area contributed by atoms with Crippen molar-refractivity contribution >= 4 is 32.3 Å². The molecule has 1 heterocycles. The van der Waals surface area contributed by atoms with Gasteiger partial charge in [0.2, 0.25) is 0 Å². The largest absolute Gasteiger partial charge is 0.396 e. The van der Waals surface area contributed by atoms with Crippen LogP contribution in [0.4, 0.5) is 15.8 Å². The number of anilines is 2. The summed E-state index contributed by atoms with van der Waals surface area (Å²) in [6, 6.07) is 11.5. The van der Waals surface area contributed by atoms with Gasteiger partial charge in [0, 0.05) is 5.52 Å². The van der Waals surface area contributed by atoms with E-state index >= 15 is 0 Å². The van der Waals surface area contributed by atoms with Crippen LogP contribution in [-0.2, 0) is 10.0 Å². The smallest absolute Gasteiger partial charge is 0.269 e. The lowest BCUT2D eigenvalue weighted by molar-refractivity contribution is 0.600. The molecule has 6 nitrogen and oxygen atoms in total. The number of aromatic nitrogens is 1. The van der Waals surface area contributed by atoms with E-state index in [0.29, 0.717) is 10.9 Å². The standard InChI is InChI=1S/C15H12FN3O3S/c16-11-6-5-10(8-12(11)17)19-23(21,22)14-7-9-3-1-2-4-13(9)18-15(14)20/h1-8,19H,17H2,(H,18,20). The first-order chi connectivity index (χ1) is 10.9. The molecule has 3 aromatic rings. The summed E-state index contributed by atoms with van der Waals surface area (Å²) >= 11 is 0. The number of hydrogen-bond donors (Lipinski definition) is 3. The van der Waals surface area contributed by atoms with Gasteiger partial charge >= 0.3 is 0 Å². The van der Waals surface area contributed by atoms with Gasteiger partial charge in [0.05, 0.1) is 11.4 Å². The number of hydrogen-bond acceptors (Lipinski definition) is 4. The fourth-order valence-corrected chi connectivity index (χ4v) is 3.27. The summed E-state index contributed by atoms with van der Waals surface area (Å²) in [7, 11) is -4.14. The van der Waals surface area contributed by atoms with E-state index in [-0.39, 0.29) is 11.4 Å². The SMILES string of the molecule is Nc1cc(NS(=O)(=O)c2cc3ccccc3[nH]c2=O)ccc1F. The molecule has 0 saturated carbocycles. The van der Waals surface area contributed by atoms with E-state index in [2.05, 4.69) is 9.71 Å². The molecule has 0 fully saturated rings. The fraction of sp³-hybridized carbons (Fsp3) is 0. The van der Waals surface area contributed by atoms with Crippen molar-refractivity contribution in [3.8, 4) is 0 Å². The van der Waals surface area contributed by atoms with Gasteiger partial charge in [-0.05, 0) is 35.7 Å². The molecule has 23 heavy (non-hydrogen) atoms. The molecule has 118 valence electrons. The van der Waals surface area contributed by atoms with E-state index in [9.17, 15) is 17.6 Å². The average Bonchev–Trinajstić information content (AvgIpc) is 2.50. The van der Waals surface area contributed by atoms with Crippen molar-refractivity contribution < 1.29 is 12.8 Å². The Hall–Kier alpha value is -2.87. The Morgan fingerprint density at radius 3 is 2.57 bits per heavy atom. The number of nitrogen functional groups attached to an aromatic ring is 1. The normalized spacial score (nSPS) is 11.5. The molecule has 0 radical (unpaired) electrons. The van der Waals surface area contributed by atoms with Crippen LogP contribution in [0.15, 0.2) is 58.2 Å². The summed E-state index contributed by atoms with van der Waals surface area (Å²) < 4.78 is 40.1. The summed E-state index contributed by atoms with van der Waals surface area (Å²) in [6.07, 6.45) is 0. The number of para-hydroxylation sites is 1. The highest BCUT2D eigenvalue weighted by molar-refractivity contribution is 7.92. The lowest BCUT2D eigenvalue weighted by atomic mass is 10.2. The maximum atomic E-state index is 13.1. The third kappa shape index (κ3) is 2.88. The highest BCUT2D eigenvalue weighted by atomic mass is 32.2. The van der Waals surface area contributed by atoms with E-state index in [0.717, 1.165) is 12.1 Å². The summed E-state index contributed by atoms with van der Waals surface area (Å²) in [6.45, 7) is 0. The van der Waals surface area contributed by atoms with Crippen LogP contribution < -0.4 is 16.0 Å². The monoisotopic (exact) mass is 333 g/mol. The molecular formula is C15H12FN3O3S. The molecule has 8 heteroatoms. The minimum atomic E-state index is -4.14. The number of halogens is 1. The second-order valence-electron chi connectivity index (χ2n) is 4.89. The van der Waals surface area contributed by atoms with E-state index in [1.165, 1.54) is 12.1 Å². The zero-order valence-corrected chi connectivity index (χ0v) is 12.5. The number of benzene rings is 2. The van der Waals surface area contributed by atoms with E-state index < -0.39 is 26.3 Å². The number of rotatable bonds is 3. The first-order valence-electron chi connectivity index (χ1n) is 6.57. The Morgan fingerprint density at radius 2 is 1.83 bits per heavy atom. The van der Waals surface area contributed by atoms with Crippen molar-refractivity contribution in [3.05, 3.63) is 64.7 Å². The number of pyridine rings is 1. The number of aromatic amines is 1. The topological polar surface area (TPSA) is 105 Å². The molecule has 3 rings (SSSR count). The Labute approximate surface area is 130 Å². The number of nitrogens with one attached hydrogen (secondary N) is 2. The van der Waals surface area contributed by atoms with Crippen molar-refractivity contribution in [3.63, 3.8) is 0 Å². The second-order valence-corrected chi connectivity index (χ2v) is 6.54. The molecule has 0 atom stereocenters. The van der Waals surface area contributed by atoms with Crippen LogP contribution in [0.3, 0.4) is 0 Å². The Kier molecular flexibility index (Phi) is 3.53. The maximum Gasteiger partial charge on any atom is 0.269 e. The molecule has 0 aliphatic carbocycles. The highest BCUT2D eigenvalue weighted by Crippen LogP contribution is 2.20. The number of nitrogens with two attached hydrogens (primary N) is 1. The van der Waals surface area contributed by atoms with Crippen molar-refractivity contribution in [2.24, 2.45) is 0 Å². The van der Waals surface area contributed by atoms with Crippen molar-refractivity contribution in [2.45, 2.75) is 4.90 Å². The molecule has 0 aliphatic rings. The van der Waals surface area contributed by atoms with Gasteiger partial charge in [0.1, 0.15) is 5.82 Å². The quantitative estimate of drug-likeness (QED) is 0.638. The van der Waals surface area contributed by atoms with Crippen molar-refractivity contribution in [1.82, 2.24) is 4.98 Å². The molecule has 0 bridgehead atoms. The summed E-state index contributed by atoms with van der Waals surface area (Å²) in [5.74, 6) is -0.656. The zero-order chi connectivity index (χ0) is 16.6. The van der Waals surface area contributed by atoms with Crippen molar-refractivity contribution in [2.75, 3.05) is 10.5 Å². The van der Waals surface area contributed by atoms with Crippen LogP contribution in [-0.4, -0.2) is 13.4 Å². The molecule has 0 unspecified atom stereocenters. The van der Waals surface area contributed by atoms with Crippen LogP contribution in [0, 0.1) is 5.82 Å².